The Bertz CT molecular complexity index is 1530. The molecular weight excluding hydrogens is 570 g/mol. The number of tetrazole rings is 1. The van der Waals surface area contributed by atoms with Crippen molar-refractivity contribution in [2.24, 2.45) is 5.92 Å². The number of amides is 1. The molecule has 4 aromatic rings. The summed E-state index contributed by atoms with van der Waals surface area (Å²) in [6.45, 7) is 4.81. The quantitative estimate of drug-likeness (QED) is 0.195. The van der Waals surface area contributed by atoms with Gasteiger partial charge >= 0.3 is 5.97 Å². The monoisotopic (exact) mass is 603 g/mol. The predicted octanol–water partition coefficient (Wildman–Crippen LogP) is 4.63. The van der Waals surface area contributed by atoms with Crippen LogP contribution < -0.4 is 5.32 Å². The van der Waals surface area contributed by atoms with Crippen molar-refractivity contribution in [3.8, 4) is 5.69 Å². The van der Waals surface area contributed by atoms with Crippen molar-refractivity contribution in [2.75, 3.05) is 11.1 Å². The normalized spacial score (nSPS) is 20.7. The summed E-state index contributed by atoms with van der Waals surface area (Å²) in [7, 11) is 0. The third-order valence-corrected chi connectivity index (χ3v) is 8.09. The minimum absolute atomic E-state index is 0.0442. The third-order valence-electron chi connectivity index (χ3n) is 7.08. The molecule has 1 aliphatic heterocycles. The first-order chi connectivity index (χ1) is 20.8. The molecule has 1 fully saturated rings. The second-order valence-electron chi connectivity index (χ2n) is 10.2. The minimum Gasteiger partial charge on any atom is -0.453 e. The lowest BCUT2D eigenvalue weighted by atomic mass is 9.91. The van der Waals surface area contributed by atoms with Crippen LogP contribution in [0.1, 0.15) is 49.9 Å². The second-order valence-corrected chi connectivity index (χ2v) is 11.2. The summed E-state index contributed by atoms with van der Waals surface area (Å²) in [4.78, 5) is 23.8. The van der Waals surface area contributed by atoms with E-state index in [1.54, 1.807) is 22.9 Å². The Morgan fingerprint density at radius 3 is 2.53 bits per heavy atom. The van der Waals surface area contributed by atoms with E-state index in [0.717, 1.165) is 16.8 Å². The number of esters is 1. The lowest BCUT2D eigenvalue weighted by Crippen LogP contribution is -2.38. The summed E-state index contributed by atoms with van der Waals surface area (Å²) in [5.74, 6) is -0.472. The molecule has 11 nitrogen and oxygen atoms in total. The van der Waals surface area contributed by atoms with Gasteiger partial charge in [-0.2, -0.15) is 4.68 Å². The topological polar surface area (TPSA) is 138 Å². The van der Waals surface area contributed by atoms with E-state index in [0.29, 0.717) is 22.2 Å². The molecule has 1 aliphatic rings. The Kier molecular flexibility index (Phi) is 9.82. The minimum atomic E-state index is -0.940. The summed E-state index contributed by atoms with van der Waals surface area (Å²) in [5, 5.41) is 25.2. The first-order valence-corrected chi connectivity index (χ1v) is 14.9. The van der Waals surface area contributed by atoms with E-state index in [1.165, 1.54) is 25.6 Å². The van der Waals surface area contributed by atoms with E-state index in [4.69, 9.17) is 14.2 Å². The van der Waals surface area contributed by atoms with Gasteiger partial charge in [-0.25, -0.2) is 0 Å². The average molecular weight is 604 g/mol. The lowest BCUT2D eigenvalue weighted by Gasteiger charge is -2.41. The van der Waals surface area contributed by atoms with Crippen LogP contribution in [0.3, 0.4) is 0 Å². The number of aliphatic hydroxyl groups is 1. The van der Waals surface area contributed by atoms with Crippen LogP contribution in [0.25, 0.3) is 5.69 Å². The fraction of sp³-hybridized carbons (Fsp3) is 0.323. The highest BCUT2D eigenvalue weighted by Gasteiger charge is 2.38. The van der Waals surface area contributed by atoms with Gasteiger partial charge in [-0.3, -0.25) is 9.59 Å². The van der Waals surface area contributed by atoms with Crippen LogP contribution in [0.4, 0.5) is 5.69 Å². The highest BCUT2D eigenvalue weighted by atomic mass is 32.2. The number of nitrogens with one attached hydrogen (secondary N) is 1. The number of nitrogens with zero attached hydrogens (tertiary/aromatic N) is 4. The van der Waals surface area contributed by atoms with Crippen LogP contribution in [0, 0.1) is 5.92 Å². The van der Waals surface area contributed by atoms with Gasteiger partial charge in [0.05, 0.1) is 24.5 Å². The van der Waals surface area contributed by atoms with Gasteiger partial charge in [0.25, 0.3) is 5.91 Å². The standard InChI is InChI=1S/C31H33N5O6S/c1-19-27(18-43-31-33-34-35-36(31)26-10-5-4-6-11-26)41-30(42-28(19)23-14-12-22(17-37)13-15-23)24-8-7-9-25(16-24)32-29(39)20(2)40-21(3)38/h4-16,19-20,27-28,30,37H,17-18H2,1-3H3,(H,32,39). The third kappa shape index (κ3) is 7.46. The maximum absolute atomic E-state index is 12.6. The molecule has 43 heavy (non-hydrogen) atoms. The van der Waals surface area contributed by atoms with Gasteiger partial charge in [0.1, 0.15) is 0 Å². The molecule has 0 spiro atoms. The zero-order chi connectivity index (χ0) is 30.3. The second kappa shape index (κ2) is 13.9. The molecule has 3 aromatic carbocycles. The van der Waals surface area contributed by atoms with E-state index in [1.807, 2.05) is 60.7 Å². The fourth-order valence-corrected chi connectivity index (χ4v) is 5.83. The van der Waals surface area contributed by atoms with E-state index in [2.05, 4.69) is 27.8 Å². The van der Waals surface area contributed by atoms with Crippen LogP contribution in [0.2, 0.25) is 0 Å². The Balaban J connectivity index is 1.38. The highest BCUT2D eigenvalue weighted by Crippen LogP contribution is 2.43. The van der Waals surface area contributed by atoms with Crippen LogP contribution in [-0.2, 0) is 30.4 Å². The number of anilines is 1. The lowest BCUT2D eigenvalue weighted by molar-refractivity contribution is -0.268. The Morgan fingerprint density at radius 1 is 1.05 bits per heavy atom. The van der Waals surface area contributed by atoms with E-state index in [9.17, 15) is 14.7 Å². The van der Waals surface area contributed by atoms with Crippen molar-refractivity contribution < 1.29 is 28.9 Å². The zero-order valence-corrected chi connectivity index (χ0v) is 24.8. The molecule has 2 N–H and O–H groups in total. The van der Waals surface area contributed by atoms with Crippen molar-refractivity contribution in [3.63, 3.8) is 0 Å². The van der Waals surface area contributed by atoms with Crippen LogP contribution in [0.15, 0.2) is 84.0 Å². The SMILES string of the molecule is CC(=O)OC(C)C(=O)Nc1cccc(C2OC(CSc3nnnn3-c3ccccc3)C(C)C(c3ccc(CO)cc3)O2)c1. The maximum atomic E-state index is 12.6. The average Bonchev–Trinajstić information content (AvgIpc) is 3.49. The number of carbonyl (C=O) groups is 2. The number of aliphatic hydroxyl groups excluding tert-OH is 1. The predicted molar refractivity (Wildman–Crippen MR) is 159 cm³/mol. The van der Waals surface area contributed by atoms with Crippen molar-refractivity contribution in [1.82, 2.24) is 20.2 Å². The van der Waals surface area contributed by atoms with Gasteiger partial charge < -0.3 is 24.6 Å². The molecule has 5 rings (SSSR count). The summed E-state index contributed by atoms with van der Waals surface area (Å²) in [5.41, 5.74) is 3.86. The van der Waals surface area contributed by atoms with Crippen molar-refractivity contribution in [3.05, 3.63) is 95.6 Å². The maximum Gasteiger partial charge on any atom is 0.303 e. The van der Waals surface area contributed by atoms with Gasteiger partial charge in [0, 0.05) is 29.8 Å². The first-order valence-electron chi connectivity index (χ1n) is 13.9. The number of para-hydroxylation sites is 1. The summed E-state index contributed by atoms with van der Waals surface area (Å²) < 4.78 is 19.8. The van der Waals surface area contributed by atoms with Crippen molar-refractivity contribution in [2.45, 2.75) is 57.1 Å². The van der Waals surface area contributed by atoms with Gasteiger partial charge in [0.2, 0.25) is 5.16 Å². The van der Waals surface area contributed by atoms with Gasteiger partial charge in [-0.05, 0) is 52.7 Å². The number of carbonyl (C=O) groups excluding carboxylic acids is 2. The molecule has 0 bridgehead atoms. The van der Waals surface area contributed by atoms with Crippen molar-refractivity contribution in [1.29, 1.82) is 0 Å². The van der Waals surface area contributed by atoms with Gasteiger partial charge in [-0.1, -0.05) is 73.3 Å². The van der Waals surface area contributed by atoms with Crippen LogP contribution >= 0.6 is 11.8 Å². The molecule has 5 atom stereocenters. The molecule has 224 valence electrons. The molecule has 2 heterocycles. The zero-order valence-electron chi connectivity index (χ0n) is 24.0. The Labute approximate surface area is 253 Å². The fourth-order valence-electron chi connectivity index (χ4n) is 4.78. The Hall–Kier alpha value is -4.10. The van der Waals surface area contributed by atoms with Gasteiger partial charge in [-0.15, -0.1) is 5.10 Å². The molecule has 1 saturated heterocycles. The molecule has 1 aromatic heterocycles. The smallest absolute Gasteiger partial charge is 0.303 e. The number of ether oxygens (including phenoxy) is 3. The number of aromatic nitrogens is 4. The number of hydrogen-bond donors (Lipinski definition) is 2. The summed E-state index contributed by atoms with van der Waals surface area (Å²) in [6, 6.07) is 24.6. The highest BCUT2D eigenvalue weighted by molar-refractivity contribution is 7.99. The number of hydrogen-bond acceptors (Lipinski definition) is 10. The number of benzene rings is 3. The van der Waals surface area contributed by atoms with E-state index >= 15 is 0 Å². The molecule has 1 amide bonds. The molecule has 5 unspecified atom stereocenters. The molecule has 0 saturated carbocycles. The molecule has 0 radical (unpaired) electrons. The Morgan fingerprint density at radius 2 is 1.81 bits per heavy atom. The van der Waals surface area contributed by atoms with E-state index in [-0.39, 0.29) is 24.7 Å². The number of rotatable bonds is 10. The summed E-state index contributed by atoms with van der Waals surface area (Å²) in [6.07, 6.45) is -2.25. The largest absolute Gasteiger partial charge is 0.453 e. The first kappa shape index (κ1) is 30.4. The van der Waals surface area contributed by atoms with Crippen LogP contribution in [-0.4, -0.2) is 55.2 Å². The van der Waals surface area contributed by atoms with Crippen molar-refractivity contribution >= 4 is 29.3 Å². The number of thioether (sulfide) groups is 1. The van der Waals surface area contributed by atoms with E-state index < -0.39 is 24.3 Å². The molecule has 0 aliphatic carbocycles. The van der Waals surface area contributed by atoms with Crippen LogP contribution in [0.5, 0.6) is 0 Å². The summed E-state index contributed by atoms with van der Waals surface area (Å²) >= 11 is 1.49. The molecule has 12 heteroatoms. The van der Waals surface area contributed by atoms with Gasteiger partial charge in [0.15, 0.2) is 12.4 Å². The molecular formula is C31H33N5O6S.